The normalized spacial score (nSPS) is 11.8. The van der Waals surface area contributed by atoms with Crippen LogP contribution in [-0.2, 0) is 7.05 Å². The van der Waals surface area contributed by atoms with Crippen LogP contribution in [0.2, 0.25) is 0 Å². The van der Waals surface area contributed by atoms with E-state index in [1.54, 1.807) is 0 Å². The molecule has 0 N–H and O–H groups in total. The van der Waals surface area contributed by atoms with Crippen molar-refractivity contribution in [2.24, 2.45) is 7.05 Å². The largest absolute Gasteiger partial charge is 0.454 e. The number of carbonyl (C=O) groups excluding carboxylic acids is 2. The number of aldehydes is 1. The average molecular weight is 255 g/mol. The number of hydrogen-bond acceptors (Lipinski definition) is 2. The van der Waals surface area contributed by atoms with Gasteiger partial charge in [0.1, 0.15) is 6.29 Å². The van der Waals surface area contributed by atoms with Crippen LogP contribution in [0.25, 0.3) is 10.9 Å². The molecule has 0 radical (unpaired) electrons. The Kier molecular flexibility index (Phi) is 2.73. The van der Waals surface area contributed by atoms with Gasteiger partial charge >= 0.3 is 6.18 Å². The molecule has 0 saturated heterocycles. The second-order valence-corrected chi connectivity index (χ2v) is 3.88. The van der Waals surface area contributed by atoms with Crippen LogP contribution in [0.3, 0.4) is 0 Å². The van der Waals surface area contributed by atoms with Gasteiger partial charge in [0.05, 0.1) is 5.56 Å². The summed E-state index contributed by atoms with van der Waals surface area (Å²) in [5, 5.41) is 0.129. The predicted molar refractivity (Wildman–Crippen MR) is 58.7 cm³/mol. The number of Topliss-reactive ketones (excluding diaryl/α,β-unsaturated/α-hetero) is 1. The Labute approximate surface area is 99.8 Å². The maximum absolute atomic E-state index is 12.4. The minimum atomic E-state index is -4.93. The zero-order valence-electron chi connectivity index (χ0n) is 9.28. The van der Waals surface area contributed by atoms with E-state index in [4.69, 9.17) is 0 Å². The Morgan fingerprint density at radius 2 is 2.00 bits per heavy atom. The van der Waals surface area contributed by atoms with Crippen molar-refractivity contribution in [1.29, 1.82) is 0 Å². The Bertz CT molecular complexity index is 641. The van der Waals surface area contributed by atoms with Crippen LogP contribution in [0.4, 0.5) is 13.2 Å². The van der Waals surface area contributed by atoms with Gasteiger partial charge in [0.25, 0.3) is 5.78 Å². The van der Waals surface area contributed by atoms with Crippen LogP contribution >= 0.6 is 0 Å². The zero-order chi connectivity index (χ0) is 13.5. The van der Waals surface area contributed by atoms with Gasteiger partial charge in [0.2, 0.25) is 0 Å². The van der Waals surface area contributed by atoms with Crippen LogP contribution in [0, 0.1) is 0 Å². The summed E-state index contributed by atoms with van der Waals surface area (Å²) in [5.41, 5.74) is 0.252. The molecule has 1 aromatic carbocycles. The van der Waals surface area contributed by atoms with Gasteiger partial charge in [-0.25, -0.2) is 0 Å². The standard InChI is InChI=1S/C12H8F3NO2/c1-16-5-9(11(18)12(13,14)15)8-4-7(6-17)2-3-10(8)16/h2-6H,1H3. The van der Waals surface area contributed by atoms with Gasteiger partial charge in [0, 0.05) is 29.7 Å². The first kappa shape index (κ1) is 12.3. The van der Waals surface area contributed by atoms with E-state index in [0.717, 1.165) is 6.20 Å². The smallest absolute Gasteiger partial charge is 0.350 e. The van der Waals surface area contributed by atoms with Crippen LogP contribution < -0.4 is 0 Å². The molecular formula is C12H8F3NO2. The number of hydrogen-bond donors (Lipinski definition) is 0. The summed E-state index contributed by atoms with van der Waals surface area (Å²) in [5.74, 6) is -1.91. The molecule has 0 aliphatic carbocycles. The van der Waals surface area contributed by atoms with Crippen molar-refractivity contribution in [3.63, 3.8) is 0 Å². The lowest BCUT2D eigenvalue weighted by Crippen LogP contribution is -2.22. The molecule has 0 bridgehead atoms. The van der Waals surface area contributed by atoms with Crippen LogP contribution in [0.1, 0.15) is 20.7 Å². The van der Waals surface area contributed by atoms with Gasteiger partial charge in [-0.05, 0) is 18.2 Å². The van der Waals surface area contributed by atoms with Gasteiger partial charge in [-0.2, -0.15) is 13.2 Å². The number of carbonyl (C=O) groups is 2. The van der Waals surface area contributed by atoms with E-state index in [9.17, 15) is 22.8 Å². The average Bonchev–Trinajstić information content (AvgIpc) is 2.64. The van der Waals surface area contributed by atoms with Crippen molar-refractivity contribution in [2.75, 3.05) is 0 Å². The second kappa shape index (κ2) is 3.97. The van der Waals surface area contributed by atoms with Crippen LogP contribution in [0.15, 0.2) is 24.4 Å². The third-order valence-corrected chi connectivity index (χ3v) is 2.65. The molecule has 2 aromatic rings. The van der Waals surface area contributed by atoms with Gasteiger partial charge < -0.3 is 4.57 Å². The molecule has 0 unspecified atom stereocenters. The number of nitrogens with zero attached hydrogens (tertiary/aromatic N) is 1. The van der Waals surface area contributed by atoms with E-state index in [2.05, 4.69) is 0 Å². The molecule has 0 fully saturated rings. The molecular weight excluding hydrogens is 247 g/mol. The number of fused-ring (bicyclic) bond motifs is 1. The first-order valence-electron chi connectivity index (χ1n) is 5.00. The Hall–Kier alpha value is -2.11. The Balaban J connectivity index is 2.71. The van der Waals surface area contributed by atoms with Crippen molar-refractivity contribution in [3.05, 3.63) is 35.5 Å². The number of benzene rings is 1. The second-order valence-electron chi connectivity index (χ2n) is 3.88. The van der Waals surface area contributed by atoms with Gasteiger partial charge in [0.15, 0.2) is 0 Å². The SMILES string of the molecule is Cn1cc(C(=O)C(F)(F)F)c2cc(C=O)ccc21. The van der Waals surface area contributed by atoms with Crippen molar-refractivity contribution >= 4 is 23.0 Å². The zero-order valence-corrected chi connectivity index (χ0v) is 9.28. The number of aromatic nitrogens is 1. The third kappa shape index (κ3) is 1.90. The molecule has 94 valence electrons. The lowest BCUT2D eigenvalue weighted by Gasteiger charge is -2.03. The third-order valence-electron chi connectivity index (χ3n) is 2.65. The van der Waals surface area contributed by atoms with Crippen molar-refractivity contribution < 1.29 is 22.8 Å². The molecule has 0 amide bonds. The van der Waals surface area contributed by atoms with E-state index in [1.165, 1.54) is 29.8 Å². The fourth-order valence-corrected chi connectivity index (χ4v) is 1.82. The van der Waals surface area contributed by atoms with Gasteiger partial charge in [-0.15, -0.1) is 0 Å². The number of alkyl halides is 3. The topological polar surface area (TPSA) is 39.1 Å². The molecule has 0 spiro atoms. The number of halogens is 3. The maximum Gasteiger partial charge on any atom is 0.454 e. The first-order valence-corrected chi connectivity index (χ1v) is 5.00. The fraction of sp³-hybridized carbons (Fsp3) is 0.167. The molecule has 1 aromatic heterocycles. The highest BCUT2D eigenvalue weighted by Gasteiger charge is 2.40. The van der Waals surface area contributed by atoms with E-state index >= 15 is 0 Å². The maximum atomic E-state index is 12.4. The molecule has 0 atom stereocenters. The van der Waals surface area contributed by atoms with Gasteiger partial charge in [-0.3, -0.25) is 9.59 Å². The number of ketones is 1. The first-order chi connectivity index (χ1) is 8.34. The highest BCUT2D eigenvalue weighted by molar-refractivity contribution is 6.11. The van der Waals surface area contributed by atoms with E-state index in [0.29, 0.717) is 11.8 Å². The molecule has 6 heteroatoms. The minimum absolute atomic E-state index is 0.129. The van der Waals surface area contributed by atoms with Crippen LogP contribution in [0.5, 0.6) is 0 Å². The summed E-state index contributed by atoms with van der Waals surface area (Å²) >= 11 is 0. The van der Waals surface area contributed by atoms with E-state index < -0.39 is 17.5 Å². The molecule has 0 saturated carbocycles. The summed E-state index contributed by atoms with van der Waals surface area (Å²) in [4.78, 5) is 21.9. The number of rotatable bonds is 2. The summed E-state index contributed by atoms with van der Waals surface area (Å²) in [6.07, 6.45) is -3.28. The van der Waals surface area contributed by atoms with Crippen LogP contribution in [-0.4, -0.2) is 22.8 Å². The highest BCUT2D eigenvalue weighted by atomic mass is 19.4. The Morgan fingerprint density at radius 3 is 2.56 bits per heavy atom. The number of aryl methyl sites for hydroxylation is 1. The minimum Gasteiger partial charge on any atom is -0.350 e. The Morgan fingerprint density at radius 1 is 1.33 bits per heavy atom. The molecule has 2 rings (SSSR count). The van der Waals surface area contributed by atoms with Crippen molar-refractivity contribution in [2.45, 2.75) is 6.18 Å². The lowest BCUT2D eigenvalue weighted by atomic mass is 10.1. The molecule has 18 heavy (non-hydrogen) atoms. The summed E-state index contributed by atoms with van der Waals surface area (Å²) < 4.78 is 38.7. The van der Waals surface area contributed by atoms with E-state index in [-0.39, 0.29) is 10.9 Å². The van der Waals surface area contributed by atoms with E-state index in [1.807, 2.05) is 0 Å². The fourth-order valence-electron chi connectivity index (χ4n) is 1.82. The molecule has 0 aliphatic rings. The lowest BCUT2D eigenvalue weighted by molar-refractivity contribution is -0.0884. The summed E-state index contributed by atoms with van der Waals surface area (Å²) in [6, 6.07) is 4.27. The molecule has 1 heterocycles. The quantitative estimate of drug-likeness (QED) is 0.611. The molecule has 0 aliphatic heterocycles. The summed E-state index contributed by atoms with van der Waals surface area (Å²) in [7, 11) is 1.54. The van der Waals surface area contributed by atoms with Gasteiger partial charge in [-0.1, -0.05) is 0 Å². The van der Waals surface area contributed by atoms with Crippen molar-refractivity contribution in [3.8, 4) is 0 Å². The predicted octanol–water partition coefficient (Wildman–Crippen LogP) is 2.74. The summed E-state index contributed by atoms with van der Waals surface area (Å²) in [6.45, 7) is 0. The molecule has 3 nitrogen and oxygen atoms in total. The monoisotopic (exact) mass is 255 g/mol. The highest BCUT2D eigenvalue weighted by Crippen LogP contribution is 2.28. The van der Waals surface area contributed by atoms with Crippen molar-refractivity contribution in [1.82, 2.24) is 4.57 Å².